The van der Waals surface area contributed by atoms with Crippen LogP contribution in [0, 0.1) is 0 Å². The van der Waals surface area contributed by atoms with Crippen LogP contribution in [0.15, 0.2) is 40.6 Å². The number of nitrogens with two attached hydrogens (primary N) is 4. The van der Waals surface area contributed by atoms with Gasteiger partial charge in [-0.05, 0) is 15.9 Å². The van der Waals surface area contributed by atoms with Crippen LogP contribution in [0.4, 0.5) is 0 Å². The van der Waals surface area contributed by atoms with Gasteiger partial charge >= 0.3 is 7.82 Å². The molecule has 1 aromatic rings. The summed E-state index contributed by atoms with van der Waals surface area (Å²) in [7, 11) is -4.19. The zero-order valence-corrected chi connectivity index (χ0v) is 11.3. The van der Waals surface area contributed by atoms with Crippen molar-refractivity contribution in [3.05, 3.63) is 35.9 Å². The van der Waals surface area contributed by atoms with Gasteiger partial charge in [0.2, 0.25) is 11.9 Å². The SMILES string of the molecule is NC(N)=NOP(=O)(OCc1ccccc1)ON=C(N)N. The summed E-state index contributed by atoms with van der Waals surface area (Å²) in [6, 6.07) is 8.85. The summed E-state index contributed by atoms with van der Waals surface area (Å²) in [4.78, 5) is 0. The average molecular weight is 302 g/mol. The molecule has 0 amide bonds. The van der Waals surface area contributed by atoms with Gasteiger partial charge in [0.25, 0.3) is 0 Å². The molecule has 0 spiro atoms. The molecule has 1 rings (SSSR count). The van der Waals surface area contributed by atoms with Gasteiger partial charge in [0, 0.05) is 0 Å². The Hall–Kier alpha value is -2.45. The van der Waals surface area contributed by atoms with E-state index in [1.54, 1.807) is 24.3 Å². The van der Waals surface area contributed by atoms with Crippen LogP contribution in [0.5, 0.6) is 0 Å². The molecular weight excluding hydrogens is 287 g/mol. The number of hydrogen-bond donors (Lipinski definition) is 4. The predicted molar refractivity (Wildman–Crippen MR) is 72.6 cm³/mol. The van der Waals surface area contributed by atoms with Gasteiger partial charge in [-0.3, -0.25) is 13.8 Å². The second kappa shape index (κ2) is 7.22. The van der Waals surface area contributed by atoms with Gasteiger partial charge in [0.1, 0.15) is 0 Å². The number of nitrogens with zero attached hydrogens (tertiary/aromatic N) is 2. The van der Waals surface area contributed by atoms with Crippen LogP contribution in [0.25, 0.3) is 0 Å². The average Bonchev–Trinajstić information content (AvgIpc) is 2.42. The molecule has 1 aromatic carbocycles. The predicted octanol–water partition coefficient (Wildman–Crippen LogP) is -0.279. The lowest BCUT2D eigenvalue weighted by Gasteiger charge is -2.12. The standard InChI is InChI=1S/C9H15N6O4P/c10-8(11)14-18-20(16,19-15-9(12)13)17-6-7-4-2-1-3-5-7/h1-5H,6H2,(H4,10,11,14)(H4,12,13,15). The summed E-state index contributed by atoms with van der Waals surface area (Å²) in [5, 5.41) is 6.19. The summed E-state index contributed by atoms with van der Waals surface area (Å²) in [5.41, 5.74) is 20.9. The van der Waals surface area contributed by atoms with E-state index in [-0.39, 0.29) is 6.61 Å². The Morgan fingerprint density at radius 2 is 1.50 bits per heavy atom. The van der Waals surface area contributed by atoms with E-state index in [2.05, 4.69) is 19.6 Å². The minimum Gasteiger partial charge on any atom is -0.367 e. The molecule has 0 unspecified atom stereocenters. The normalized spacial score (nSPS) is 10.4. The van der Waals surface area contributed by atoms with E-state index >= 15 is 0 Å². The van der Waals surface area contributed by atoms with E-state index in [0.29, 0.717) is 5.56 Å². The molecule has 0 fully saturated rings. The van der Waals surface area contributed by atoms with Gasteiger partial charge in [-0.2, -0.15) is 0 Å². The van der Waals surface area contributed by atoms with Crippen LogP contribution in [0.1, 0.15) is 5.56 Å². The fourth-order valence-electron chi connectivity index (χ4n) is 0.984. The first-order chi connectivity index (χ1) is 9.41. The highest BCUT2D eigenvalue weighted by Gasteiger charge is 2.31. The van der Waals surface area contributed by atoms with E-state index in [1.165, 1.54) is 0 Å². The maximum Gasteiger partial charge on any atom is 0.629 e. The third kappa shape index (κ3) is 5.94. The largest absolute Gasteiger partial charge is 0.629 e. The smallest absolute Gasteiger partial charge is 0.367 e. The van der Waals surface area contributed by atoms with Crippen molar-refractivity contribution in [1.82, 2.24) is 0 Å². The van der Waals surface area contributed by atoms with Crippen molar-refractivity contribution in [2.45, 2.75) is 6.61 Å². The van der Waals surface area contributed by atoms with Gasteiger partial charge in [-0.1, -0.05) is 30.3 Å². The number of guanidine groups is 2. The Morgan fingerprint density at radius 1 is 1.00 bits per heavy atom. The zero-order valence-electron chi connectivity index (χ0n) is 10.4. The van der Waals surface area contributed by atoms with Crippen molar-refractivity contribution >= 4 is 19.7 Å². The third-order valence-electron chi connectivity index (χ3n) is 1.72. The first-order valence-electron chi connectivity index (χ1n) is 5.25. The monoisotopic (exact) mass is 302 g/mol. The maximum atomic E-state index is 12.1. The Kier molecular flexibility index (Phi) is 5.63. The number of phosphoric acid groups is 1. The van der Waals surface area contributed by atoms with Gasteiger partial charge in [-0.15, -0.1) is 0 Å². The molecular formula is C9H15N6O4P. The van der Waals surface area contributed by atoms with Crippen molar-refractivity contribution in [2.24, 2.45) is 33.2 Å². The molecule has 0 aromatic heterocycles. The molecule has 8 N–H and O–H groups in total. The van der Waals surface area contributed by atoms with Gasteiger partial charge < -0.3 is 22.9 Å². The summed E-state index contributed by atoms with van der Waals surface area (Å²) in [6.45, 7) is -0.0852. The topological polar surface area (TPSA) is 174 Å². The molecule has 11 heteroatoms. The number of oxime groups is 2. The van der Waals surface area contributed by atoms with E-state index in [9.17, 15) is 4.57 Å². The Balaban J connectivity index is 2.74. The van der Waals surface area contributed by atoms with Gasteiger partial charge in [0.05, 0.1) is 6.61 Å². The van der Waals surface area contributed by atoms with E-state index in [4.69, 9.17) is 27.5 Å². The molecule has 10 nitrogen and oxygen atoms in total. The lowest BCUT2D eigenvalue weighted by Crippen LogP contribution is -2.23. The highest BCUT2D eigenvalue weighted by Crippen LogP contribution is 2.50. The second-order valence-electron chi connectivity index (χ2n) is 3.40. The minimum absolute atomic E-state index is 0.0852. The van der Waals surface area contributed by atoms with Gasteiger partial charge in [0.15, 0.2) is 0 Å². The zero-order chi connectivity index (χ0) is 15.0. The minimum atomic E-state index is -4.19. The molecule has 0 bridgehead atoms. The lowest BCUT2D eigenvalue weighted by molar-refractivity contribution is 0.113. The van der Waals surface area contributed by atoms with Gasteiger partial charge in [-0.25, -0.2) is 4.57 Å². The number of hydrogen-bond acceptors (Lipinski definition) is 6. The van der Waals surface area contributed by atoms with Crippen LogP contribution in [-0.4, -0.2) is 11.9 Å². The van der Waals surface area contributed by atoms with Crippen molar-refractivity contribution in [3.63, 3.8) is 0 Å². The molecule has 0 saturated heterocycles. The first kappa shape index (κ1) is 15.6. The maximum absolute atomic E-state index is 12.1. The molecule has 0 radical (unpaired) electrons. The molecule has 0 aliphatic rings. The molecule has 0 heterocycles. The lowest BCUT2D eigenvalue weighted by atomic mass is 10.2. The van der Waals surface area contributed by atoms with E-state index in [0.717, 1.165) is 0 Å². The molecule has 0 aliphatic heterocycles. The Morgan fingerprint density at radius 3 is 1.95 bits per heavy atom. The fraction of sp³-hybridized carbons (Fsp3) is 0.111. The van der Waals surface area contributed by atoms with Crippen molar-refractivity contribution in [1.29, 1.82) is 0 Å². The van der Waals surface area contributed by atoms with E-state index in [1.807, 2.05) is 6.07 Å². The Bertz CT molecular complexity index is 502. The van der Waals surface area contributed by atoms with Crippen LogP contribution >= 0.6 is 7.82 Å². The van der Waals surface area contributed by atoms with Crippen molar-refractivity contribution in [3.8, 4) is 0 Å². The highest BCUT2D eigenvalue weighted by atomic mass is 31.2. The van der Waals surface area contributed by atoms with Crippen molar-refractivity contribution in [2.75, 3.05) is 0 Å². The Labute approximate surface area is 114 Å². The fourth-order valence-corrected chi connectivity index (χ4v) is 1.80. The molecule has 110 valence electrons. The summed E-state index contributed by atoms with van der Waals surface area (Å²) in [6.07, 6.45) is 0. The van der Waals surface area contributed by atoms with Crippen LogP contribution in [0.3, 0.4) is 0 Å². The number of rotatable bonds is 7. The molecule has 0 aliphatic carbocycles. The van der Waals surface area contributed by atoms with E-state index < -0.39 is 19.7 Å². The second-order valence-corrected chi connectivity index (χ2v) is 4.88. The van der Waals surface area contributed by atoms with Crippen LogP contribution in [0.2, 0.25) is 0 Å². The molecule has 0 atom stereocenters. The van der Waals surface area contributed by atoms with Crippen molar-refractivity contribution < 1.29 is 18.3 Å². The quantitative estimate of drug-likeness (QED) is 0.230. The molecule has 20 heavy (non-hydrogen) atoms. The summed E-state index contributed by atoms with van der Waals surface area (Å²) < 4.78 is 26.1. The van der Waals surface area contributed by atoms with Crippen LogP contribution in [-0.2, 0) is 24.9 Å². The highest BCUT2D eigenvalue weighted by molar-refractivity contribution is 7.48. The van der Waals surface area contributed by atoms with Crippen LogP contribution < -0.4 is 22.9 Å². The summed E-state index contributed by atoms with van der Waals surface area (Å²) >= 11 is 0. The summed E-state index contributed by atoms with van der Waals surface area (Å²) in [5.74, 6) is -0.941. The first-order valence-corrected chi connectivity index (χ1v) is 6.71. The molecule has 0 saturated carbocycles. The third-order valence-corrected chi connectivity index (χ3v) is 2.73. The number of benzene rings is 1.